The van der Waals surface area contributed by atoms with E-state index in [1.807, 2.05) is 24.3 Å². The fourth-order valence-corrected chi connectivity index (χ4v) is 1.62. The summed E-state index contributed by atoms with van der Waals surface area (Å²) in [4.78, 5) is 0. The van der Waals surface area contributed by atoms with Crippen LogP contribution in [0.15, 0.2) is 24.3 Å². The maximum Gasteiger partial charge on any atom is 0.129 e. The zero-order valence-corrected chi connectivity index (χ0v) is 8.43. The Morgan fingerprint density at radius 2 is 2.00 bits per heavy atom. The van der Waals surface area contributed by atoms with E-state index in [2.05, 4.69) is 4.72 Å². The highest BCUT2D eigenvalue weighted by molar-refractivity contribution is 7.89. The second-order valence-electron chi connectivity index (χ2n) is 2.75. The molecule has 0 aliphatic heterocycles. The van der Waals surface area contributed by atoms with Gasteiger partial charge in [0, 0.05) is 30.5 Å². The standard InChI is InChI=1S/C9H14N2OS/c1-11-13(12)7-6-8-2-4-9(10)5-3-8/h2-5,11H,6-7,10H2,1H3. The van der Waals surface area contributed by atoms with Gasteiger partial charge < -0.3 is 10.3 Å². The first kappa shape index (κ1) is 10.4. The van der Waals surface area contributed by atoms with E-state index in [1.54, 1.807) is 7.05 Å². The van der Waals surface area contributed by atoms with Gasteiger partial charge in [-0.2, -0.15) is 0 Å². The average Bonchev–Trinajstić information content (AvgIpc) is 2.16. The van der Waals surface area contributed by atoms with Crippen molar-refractivity contribution in [3.63, 3.8) is 0 Å². The molecule has 0 fully saturated rings. The first-order valence-corrected chi connectivity index (χ1v) is 5.44. The van der Waals surface area contributed by atoms with Crippen molar-refractivity contribution in [1.82, 2.24) is 4.72 Å². The topological polar surface area (TPSA) is 61.1 Å². The summed E-state index contributed by atoms with van der Waals surface area (Å²) in [6.07, 6.45) is 0.813. The van der Waals surface area contributed by atoms with Gasteiger partial charge in [-0.1, -0.05) is 12.1 Å². The maximum atomic E-state index is 11.0. The molecule has 0 saturated heterocycles. The number of rotatable bonds is 4. The fourth-order valence-electron chi connectivity index (χ4n) is 0.997. The summed E-state index contributed by atoms with van der Waals surface area (Å²) < 4.78 is 13.7. The Bertz CT molecular complexity index is 250. The molecule has 4 heteroatoms. The Kier molecular flexibility index (Phi) is 4.08. The van der Waals surface area contributed by atoms with E-state index in [1.165, 1.54) is 0 Å². The molecule has 0 aromatic heterocycles. The predicted octanol–water partition coefficient (Wildman–Crippen LogP) is 0.694. The number of nitrogen functional groups attached to an aromatic ring is 1. The lowest BCUT2D eigenvalue weighted by molar-refractivity contribution is 0.586. The van der Waals surface area contributed by atoms with E-state index in [-0.39, 0.29) is 0 Å². The Morgan fingerprint density at radius 3 is 2.54 bits per heavy atom. The molecule has 0 saturated carbocycles. The number of aryl methyl sites for hydroxylation is 1. The Hall–Kier alpha value is -0.710. The first-order chi connectivity index (χ1) is 6.22. The maximum absolute atomic E-state index is 11.0. The van der Waals surface area contributed by atoms with Gasteiger partial charge in [-0.05, 0) is 17.7 Å². The molecule has 72 valence electrons. The van der Waals surface area contributed by atoms with Crippen LogP contribution in [0.25, 0.3) is 0 Å². The molecule has 3 nitrogen and oxygen atoms in total. The van der Waals surface area contributed by atoms with Gasteiger partial charge in [0.1, 0.15) is 5.75 Å². The lowest BCUT2D eigenvalue weighted by Crippen LogP contribution is -2.23. The molecular formula is C9H14N2OS. The van der Waals surface area contributed by atoms with Crippen LogP contribution in [0.2, 0.25) is 0 Å². The predicted molar refractivity (Wildman–Crippen MR) is 56.6 cm³/mol. The molecule has 3 N–H and O–H groups in total. The molecule has 1 aromatic rings. The summed E-state index contributed by atoms with van der Waals surface area (Å²) in [6, 6.07) is 7.64. The highest BCUT2D eigenvalue weighted by Crippen LogP contribution is 2.06. The molecule has 0 radical (unpaired) electrons. The number of anilines is 1. The van der Waals surface area contributed by atoms with Gasteiger partial charge in [-0.25, -0.2) is 0 Å². The number of benzene rings is 1. The van der Waals surface area contributed by atoms with Crippen molar-refractivity contribution in [2.45, 2.75) is 6.42 Å². The molecule has 0 amide bonds. The summed E-state index contributed by atoms with van der Waals surface area (Å²) in [5.41, 5.74) is 7.46. The number of nitrogens with two attached hydrogens (primary N) is 1. The summed E-state index contributed by atoms with van der Waals surface area (Å²) in [5, 5.41) is 0. The van der Waals surface area contributed by atoms with Crippen molar-refractivity contribution in [2.75, 3.05) is 18.5 Å². The Labute approximate surface area is 81.6 Å². The molecule has 1 aromatic carbocycles. The second-order valence-corrected chi connectivity index (χ2v) is 4.25. The lowest BCUT2D eigenvalue weighted by Gasteiger charge is -2.07. The molecule has 0 heterocycles. The minimum atomic E-state index is -0.914. The highest BCUT2D eigenvalue weighted by Gasteiger charge is 2.02. The quantitative estimate of drug-likeness (QED) is 0.553. The largest absolute Gasteiger partial charge is 0.598 e. The Balaban J connectivity index is 2.41. The van der Waals surface area contributed by atoms with Gasteiger partial charge in [0.25, 0.3) is 0 Å². The number of nitrogens with one attached hydrogen (secondary N) is 1. The van der Waals surface area contributed by atoms with E-state index in [0.717, 1.165) is 17.7 Å². The number of hydrogen-bond acceptors (Lipinski definition) is 3. The first-order valence-electron chi connectivity index (χ1n) is 4.12. The van der Waals surface area contributed by atoms with E-state index in [9.17, 15) is 4.55 Å². The smallest absolute Gasteiger partial charge is 0.129 e. The third-order valence-corrected chi connectivity index (χ3v) is 2.81. The third-order valence-electron chi connectivity index (χ3n) is 1.78. The molecule has 1 rings (SSSR count). The van der Waals surface area contributed by atoms with Gasteiger partial charge in [-0.3, -0.25) is 0 Å². The van der Waals surface area contributed by atoms with Gasteiger partial charge in [0.2, 0.25) is 0 Å². The van der Waals surface area contributed by atoms with Crippen LogP contribution in [0.1, 0.15) is 5.56 Å². The van der Waals surface area contributed by atoms with E-state index in [0.29, 0.717) is 5.75 Å². The van der Waals surface area contributed by atoms with Crippen molar-refractivity contribution >= 4 is 17.0 Å². The average molecular weight is 198 g/mol. The van der Waals surface area contributed by atoms with Crippen molar-refractivity contribution < 1.29 is 4.55 Å². The highest BCUT2D eigenvalue weighted by atomic mass is 32.2. The van der Waals surface area contributed by atoms with Crippen LogP contribution in [-0.2, 0) is 17.8 Å². The zero-order chi connectivity index (χ0) is 9.68. The SMILES string of the molecule is CN[S+]([O-])CCc1ccc(N)cc1. The van der Waals surface area contributed by atoms with Crippen LogP contribution in [-0.4, -0.2) is 17.4 Å². The third kappa shape index (κ3) is 3.67. The molecule has 0 aliphatic carbocycles. The summed E-state index contributed by atoms with van der Waals surface area (Å²) >= 11 is -0.914. The van der Waals surface area contributed by atoms with Crippen LogP contribution in [0.3, 0.4) is 0 Å². The second kappa shape index (κ2) is 5.11. The molecule has 1 unspecified atom stereocenters. The Morgan fingerprint density at radius 1 is 1.38 bits per heavy atom. The minimum absolute atomic E-state index is 0.639. The molecule has 13 heavy (non-hydrogen) atoms. The molecular weight excluding hydrogens is 184 g/mol. The monoisotopic (exact) mass is 198 g/mol. The normalized spacial score (nSPS) is 12.8. The van der Waals surface area contributed by atoms with Crippen molar-refractivity contribution in [1.29, 1.82) is 0 Å². The molecule has 0 aliphatic rings. The van der Waals surface area contributed by atoms with Crippen LogP contribution in [0, 0.1) is 0 Å². The van der Waals surface area contributed by atoms with Crippen molar-refractivity contribution in [3.05, 3.63) is 29.8 Å². The summed E-state index contributed by atoms with van der Waals surface area (Å²) in [6.45, 7) is 0. The fraction of sp³-hybridized carbons (Fsp3) is 0.333. The van der Waals surface area contributed by atoms with Crippen LogP contribution >= 0.6 is 0 Å². The van der Waals surface area contributed by atoms with E-state index < -0.39 is 11.4 Å². The molecule has 0 spiro atoms. The van der Waals surface area contributed by atoms with Gasteiger partial charge >= 0.3 is 0 Å². The van der Waals surface area contributed by atoms with Gasteiger partial charge in [-0.15, -0.1) is 4.72 Å². The van der Waals surface area contributed by atoms with Gasteiger partial charge in [0.15, 0.2) is 0 Å². The van der Waals surface area contributed by atoms with E-state index in [4.69, 9.17) is 5.73 Å². The summed E-state index contributed by atoms with van der Waals surface area (Å²) in [5.74, 6) is 0.639. The van der Waals surface area contributed by atoms with Crippen LogP contribution < -0.4 is 10.5 Å². The van der Waals surface area contributed by atoms with Crippen LogP contribution in [0.5, 0.6) is 0 Å². The minimum Gasteiger partial charge on any atom is -0.598 e. The van der Waals surface area contributed by atoms with Crippen molar-refractivity contribution in [2.24, 2.45) is 0 Å². The van der Waals surface area contributed by atoms with Crippen molar-refractivity contribution in [3.8, 4) is 0 Å². The number of hydrogen-bond donors (Lipinski definition) is 2. The summed E-state index contributed by atoms with van der Waals surface area (Å²) in [7, 11) is 1.69. The zero-order valence-electron chi connectivity index (χ0n) is 7.62. The van der Waals surface area contributed by atoms with E-state index >= 15 is 0 Å². The lowest BCUT2D eigenvalue weighted by atomic mass is 10.2. The molecule has 0 bridgehead atoms. The molecule has 1 atom stereocenters. The van der Waals surface area contributed by atoms with Gasteiger partial charge in [0.05, 0.1) is 0 Å². The van der Waals surface area contributed by atoms with Crippen LogP contribution in [0.4, 0.5) is 5.69 Å².